The number of fused-ring (bicyclic) bond motifs is 1. The Balaban J connectivity index is 1.99. The van der Waals surface area contributed by atoms with Crippen LogP contribution in [-0.4, -0.2) is 26.1 Å². The van der Waals surface area contributed by atoms with Crippen molar-refractivity contribution in [1.82, 2.24) is 19.5 Å². The number of halogens is 2. The molecule has 0 bridgehead atoms. The van der Waals surface area contributed by atoms with E-state index < -0.39 is 0 Å². The van der Waals surface area contributed by atoms with Gasteiger partial charge in [0.1, 0.15) is 11.6 Å². The van der Waals surface area contributed by atoms with Crippen molar-refractivity contribution in [2.75, 3.05) is 11.9 Å². The Morgan fingerprint density at radius 2 is 2.26 bits per heavy atom. The number of hydrogen-bond donors (Lipinski definition) is 1. The van der Waals surface area contributed by atoms with Crippen molar-refractivity contribution < 1.29 is 4.74 Å². The fourth-order valence-electron chi connectivity index (χ4n) is 2.05. The van der Waals surface area contributed by atoms with Gasteiger partial charge in [-0.15, -0.1) is 0 Å². The first-order valence-electron chi connectivity index (χ1n) is 6.98. The van der Waals surface area contributed by atoms with Gasteiger partial charge in [-0.05, 0) is 58.3 Å². The van der Waals surface area contributed by atoms with Crippen molar-refractivity contribution in [3.63, 3.8) is 0 Å². The molecule has 1 atom stereocenters. The second-order valence-electron chi connectivity index (χ2n) is 4.75. The number of anilines is 2. The maximum atomic E-state index is 6.03. The molecule has 23 heavy (non-hydrogen) atoms. The van der Waals surface area contributed by atoms with E-state index in [4.69, 9.17) is 16.3 Å². The van der Waals surface area contributed by atoms with Crippen molar-refractivity contribution in [1.29, 1.82) is 0 Å². The monoisotopic (exact) mass is 461 g/mol. The van der Waals surface area contributed by atoms with Gasteiger partial charge in [-0.1, -0.05) is 6.92 Å². The first-order chi connectivity index (χ1) is 11.2. The van der Waals surface area contributed by atoms with Crippen LogP contribution in [0, 0.1) is 0 Å². The molecule has 0 aliphatic heterocycles. The molecular weight excluding hydrogens is 448 g/mol. The molecule has 0 saturated heterocycles. The van der Waals surface area contributed by atoms with E-state index in [1.165, 1.54) is 0 Å². The van der Waals surface area contributed by atoms with Crippen LogP contribution in [0.5, 0.6) is 5.75 Å². The van der Waals surface area contributed by atoms with E-state index in [9.17, 15) is 0 Å². The lowest BCUT2D eigenvalue weighted by molar-refractivity contribution is 0.318. The van der Waals surface area contributed by atoms with E-state index in [1.807, 2.05) is 28.8 Å². The summed E-state index contributed by atoms with van der Waals surface area (Å²) in [6.45, 7) is 2.74. The normalized spacial score (nSPS) is 11.4. The Morgan fingerprint density at radius 1 is 1.39 bits per heavy atom. The van der Waals surface area contributed by atoms with E-state index >= 15 is 0 Å². The Morgan fingerprint density at radius 3 is 3.00 bits per heavy atom. The van der Waals surface area contributed by atoms with Gasteiger partial charge in [0.2, 0.25) is 5.28 Å². The van der Waals surface area contributed by atoms with Crippen LogP contribution in [-0.2, 0) is 0 Å². The molecule has 1 aromatic carbocycles. The zero-order valence-electron chi connectivity index (χ0n) is 12.3. The van der Waals surface area contributed by atoms with E-state index in [0.29, 0.717) is 18.8 Å². The van der Waals surface area contributed by atoms with Crippen LogP contribution in [0.25, 0.3) is 10.9 Å². The Bertz CT molecular complexity index is 828. The summed E-state index contributed by atoms with van der Waals surface area (Å²) >= 11 is 8.30. The maximum absolute atomic E-state index is 6.03. The van der Waals surface area contributed by atoms with Gasteiger partial charge in [0.15, 0.2) is 0 Å². The summed E-state index contributed by atoms with van der Waals surface area (Å²) < 4.78 is 7.54. The third-order valence-electron chi connectivity index (χ3n) is 3.04. The smallest absolute Gasteiger partial charge is 0.224 e. The second-order valence-corrected chi connectivity index (χ2v) is 7.16. The molecule has 3 aromatic rings. The van der Waals surface area contributed by atoms with Gasteiger partial charge in [-0.2, -0.15) is 10.1 Å². The summed E-state index contributed by atoms with van der Waals surface area (Å²) in [6.07, 6.45) is 5.18. The SMILES string of the molecule is CCCOc1ccc2nc(Cl)nc(Nc3cnn(PI)c3)c2c1. The summed E-state index contributed by atoms with van der Waals surface area (Å²) in [4.78, 5) is 8.56. The average molecular weight is 462 g/mol. The molecule has 2 aromatic heterocycles. The number of nitrogens with zero attached hydrogens (tertiary/aromatic N) is 4. The quantitative estimate of drug-likeness (QED) is 0.324. The predicted octanol–water partition coefficient (Wildman–Crippen LogP) is 4.80. The van der Waals surface area contributed by atoms with Crippen molar-refractivity contribution in [3.05, 3.63) is 35.9 Å². The number of rotatable bonds is 6. The zero-order chi connectivity index (χ0) is 16.2. The number of nitrogens with one attached hydrogen (secondary N) is 1. The third kappa shape index (κ3) is 4.02. The molecule has 0 amide bonds. The molecule has 0 radical (unpaired) electrons. The first-order valence-corrected chi connectivity index (χ1v) is 11.4. The van der Waals surface area contributed by atoms with E-state index in [-0.39, 0.29) is 5.28 Å². The molecule has 1 unspecified atom stereocenters. The number of hydrogen-bond acceptors (Lipinski definition) is 5. The molecule has 120 valence electrons. The van der Waals surface area contributed by atoms with E-state index in [1.54, 1.807) is 6.20 Å². The molecule has 1 N–H and O–H groups in total. The highest BCUT2D eigenvalue weighted by Crippen LogP contribution is 2.30. The Labute approximate surface area is 153 Å². The summed E-state index contributed by atoms with van der Waals surface area (Å²) in [5.74, 6) is 1.43. The molecular formula is C14H14ClIN5OP. The highest BCUT2D eigenvalue weighted by Gasteiger charge is 2.10. The predicted molar refractivity (Wildman–Crippen MR) is 104 cm³/mol. The number of ether oxygens (including phenoxy) is 1. The van der Waals surface area contributed by atoms with Gasteiger partial charge < -0.3 is 10.1 Å². The molecule has 0 aliphatic carbocycles. The molecule has 0 fully saturated rings. The number of aromatic nitrogens is 4. The molecule has 3 rings (SSSR count). The highest BCUT2D eigenvalue weighted by molar-refractivity contribution is 14.2. The fraction of sp³-hybridized carbons (Fsp3) is 0.214. The van der Waals surface area contributed by atoms with Crippen LogP contribution < -0.4 is 10.1 Å². The van der Waals surface area contributed by atoms with Crippen molar-refractivity contribution in [3.8, 4) is 5.75 Å². The van der Waals surface area contributed by atoms with Crippen LogP contribution in [0.1, 0.15) is 13.3 Å². The van der Waals surface area contributed by atoms with Crippen LogP contribution in [0.4, 0.5) is 11.5 Å². The van der Waals surface area contributed by atoms with Gasteiger partial charge in [-0.25, -0.2) is 9.44 Å². The van der Waals surface area contributed by atoms with Crippen LogP contribution in [0.15, 0.2) is 30.6 Å². The molecule has 0 aliphatic rings. The minimum absolute atomic E-state index is 0.199. The van der Waals surface area contributed by atoms with Crippen LogP contribution >= 0.6 is 40.0 Å². The standard InChI is InChI=1S/C14H14ClIN5OP/c1-2-5-22-10-3-4-12-11(6-10)13(20-14(15)19-12)18-9-7-17-21(8-9)23-16/h3-4,6-8,23H,2,5H2,1H3,(H,18,19,20). The summed E-state index contributed by atoms with van der Waals surface area (Å²) in [5.41, 5.74) is 1.62. The van der Waals surface area contributed by atoms with Gasteiger partial charge in [0.25, 0.3) is 0 Å². The topological polar surface area (TPSA) is 64.9 Å². The lowest BCUT2D eigenvalue weighted by atomic mass is 10.2. The molecule has 9 heteroatoms. The van der Waals surface area contributed by atoms with Gasteiger partial charge in [0, 0.05) is 5.39 Å². The van der Waals surface area contributed by atoms with E-state index in [0.717, 1.165) is 28.8 Å². The minimum atomic E-state index is 0.199. The summed E-state index contributed by atoms with van der Waals surface area (Å²) in [6, 6.07) is 5.70. The fourth-order valence-corrected chi connectivity index (χ4v) is 3.31. The summed E-state index contributed by atoms with van der Waals surface area (Å²) in [7, 11) is 0. The lowest BCUT2D eigenvalue weighted by Gasteiger charge is -2.10. The van der Waals surface area contributed by atoms with Gasteiger partial charge >= 0.3 is 0 Å². The third-order valence-corrected chi connectivity index (χ3v) is 5.11. The molecule has 6 nitrogen and oxygen atoms in total. The Kier molecular flexibility index (Phi) is 5.50. The van der Waals surface area contributed by atoms with Crippen molar-refractivity contribution >= 4 is 62.4 Å². The average Bonchev–Trinajstić information content (AvgIpc) is 3.00. The molecule has 0 spiro atoms. The van der Waals surface area contributed by atoms with Crippen LogP contribution in [0.2, 0.25) is 5.28 Å². The van der Waals surface area contributed by atoms with Gasteiger partial charge in [-0.3, -0.25) is 0 Å². The molecule has 0 saturated carbocycles. The lowest BCUT2D eigenvalue weighted by Crippen LogP contribution is -1.98. The maximum Gasteiger partial charge on any atom is 0.224 e. The van der Waals surface area contributed by atoms with Crippen molar-refractivity contribution in [2.24, 2.45) is 0 Å². The minimum Gasteiger partial charge on any atom is -0.494 e. The highest BCUT2D eigenvalue weighted by atomic mass is 127. The summed E-state index contributed by atoms with van der Waals surface area (Å²) in [5, 5.41) is 8.56. The number of benzene rings is 1. The van der Waals surface area contributed by atoms with Crippen LogP contribution in [0.3, 0.4) is 0 Å². The Hall–Kier alpha value is -1.18. The van der Waals surface area contributed by atoms with E-state index in [2.05, 4.69) is 49.3 Å². The first kappa shape index (κ1) is 16.7. The zero-order valence-corrected chi connectivity index (χ0v) is 16.2. The molecule has 2 heterocycles. The van der Waals surface area contributed by atoms with Gasteiger partial charge in [0.05, 0.1) is 36.6 Å². The largest absolute Gasteiger partial charge is 0.494 e. The van der Waals surface area contributed by atoms with Crippen molar-refractivity contribution in [2.45, 2.75) is 13.3 Å². The second kappa shape index (κ2) is 7.59.